The van der Waals surface area contributed by atoms with Crippen LogP contribution in [0, 0.1) is 0 Å². The first-order valence-electron chi connectivity index (χ1n) is 15.9. The molecule has 2 heterocycles. The fraction of sp³-hybridized carbons (Fsp3) is 0.515. The number of carbonyl (C=O) groups is 4. The molecule has 0 bridgehead atoms. The number of hydrogen-bond acceptors (Lipinski definition) is 7. The van der Waals surface area contributed by atoms with Gasteiger partial charge in [0.25, 0.3) is 5.91 Å². The van der Waals surface area contributed by atoms with E-state index in [1.54, 1.807) is 31.2 Å². The van der Waals surface area contributed by atoms with Crippen molar-refractivity contribution in [3.05, 3.63) is 58.1 Å². The molecule has 2 N–H and O–H groups in total. The lowest BCUT2D eigenvalue weighted by molar-refractivity contribution is -0.143. The molecule has 2 saturated carbocycles. The minimum atomic E-state index is -1.64. The second-order valence-electron chi connectivity index (χ2n) is 12.5. The van der Waals surface area contributed by atoms with Crippen LogP contribution in [-0.4, -0.2) is 89.2 Å². The summed E-state index contributed by atoms with van der Waals surface area (Å²) in [5.41, 5.74) is 0.918. The van der Waals surface area contributed by atoms with Crippen LogP contribution in [0.25, 0.3) is 0 Å². The van der Waals surface area contributed by atoms with Gasteiger partial charge in [0.15, 0.2) is 4.90 Å². The number of anilines is 1. The minimum absolute atomic E-state index is 0.000647. The maximum Gasteiger partial charge on any atom is 0.289 e. The van der Waals surface area contributed by atoms with E-state index in [9.17, 15) is 23.7 Å². The smallest absolute Gasteiger partial charge is 0.289 e. The number of rotatable bonds is 11. The Morgan fingerprint density at radius 2 is 1.76 bits per heavy atom. The maximum atomic E-state index is 14.3. The van der Waals surface area contributed by atoms with Crippen LogP contribution in [0.1, 0.15) is 51.0 Å². The van der Waals surface area contributed by atoms with Crippen LogP contribution in [0.15, 0.2) is 47.4 Å². The molecule has 2 saturated heterocycles. The Morgan fingerprint density at radius 3 is 2.37 bits per heavy atom. The van der Waals surface area contributed by atoms with Gasteiger partial charge in [0, 0.05) is 36.3 Å². The number of carbonyl (C=O) groups excluding carboxylic acids is 4. The molecule has 0 radical (unpaired) electrons. The third-order valence-corrected chi connectivity index (χ3v) is 11.8. The number of ether oxygens (including phenoxy) is 1. The lowest BCUT2D eigenvalue weighted by Crippen LogP contribution is -2.54. The van der Waals surface area contributed by atoms with E-state index in [2.05, 4.69) is 15.5 Å². The number of morpholine rings is 1. The highest BCUT2D eigenvalue weighted by Crippen LogP contribution is 2.51. The van der Waals surface area contributed by atoms with Crippen LogP contribution >= 0.6 is 23.2 Å². The van der Waals surface area contributed by atoms with Crippen molar-refractivity contribution in [2.24, 2.45) is 0 Å². The van der Waals surface area contributed by atoms with Crippen molar-refractivity contribution >= 4 is 63.6 Å². The first kappa shape index (κ1) is 33.1. The molecule has 13 heteroatoms. The van der Waals surface area contributed by atoms with Gasteiger partial charge in [0.2, 0.25) is 17.6 Å². The van der Waals surface area contributed by atoms with Crippen LogP contribution < -0.4 is 15.5 Å². The zero-order valence-corrected chi connectivity index (χ0v) is 28.0. The largest absolute Gasteiger partial charge is 0.611 e. The fourth-order valence-corrected chi connectivity index (χ4v) is 8.33. The lowest BCUT2D eigenvalue weighted by atomic mass is 9.94. The average Bonchev–Trinajstić information content (AvgIpc) is 4.01. The third-order valence-electron chi connectivity index (χ3n) is 9.37. The molecule has 2 aromatic rings. The monoisotopic (exact) mass is 688 g/mol. The number of amides is 3. The van der Waals surface area contributed by atoms with Gasteiger partial charge in [-0.05, 0) is 79.2 Å². The molecule has 4 aliphatic rings. The summed E-state index contributed by atoms with van der Waals surface area (Å²) in [6.07, 6.45) is 3.20. The third kappa shape index (κ3) is 6.89. The van der Waals surface area contributed by atoms with E-state index in [0.29, 0.717) is 41.0 Å². The van der Waals surface area contributed by atoms with Crippen LogP contribution in [0.2, 0.25) is 10.0 Å². The van der Waals surface area contributed by atoms with Gasteiger partial charge in [-0.25, -0.2) is 0 Å². The first-order valence-corrected chi connectivity index (χ1v) is 17.8. The Labute approximate surface area is 281 Å². The van der Waals surface area contributed by atoms with Crippen LogP contribution in [0.4, 0.5) is 5.69 Å². The van der Waals surface area contributed by atoms with E-state index >= 15 is 0 Å². The number of nitrogens with one attached hydrogen (secondary N) is 2. The zero-order chi connectivity index (χ0) is 32.6. The summed E-state index contributed by atoms with van der Waals surface area (Å²) in [4.78, 5) is 57.7. The van der Waals surface area contributed by atoms with Gasteiger partial charge in [-0.1, -0.05) is 42.3 Å². The Balaban J connectivity index is 1.23. The fourth-order valence-electron chi connectivity index (χ4n) is 6.33. The number of ketones is 1. The molecule has 0 spiro atoms. The maximum absolute atomic E-state index is 14.3. The van der Waals surface area contributed by atoms with Gasteiger partial charge in [0.1, 0.15) is 11.3 Å². The quantitative estimate of drug-likeness (QED) is 0.273. The number of halogens is 2. The summed E-state index contributed by atoms with van der Waals surface area (Å²) < 4.78 is 19.5. The van der Waals surface area contributed by atoms with Crippen molar-refractivity contribution in [3.8, 4) is 0 Å². The second kappa shape index (κ2) is 13.7. The van der Waals surface area contributed by atoms with Gasteiger partial charge in [0.05, 0.1) is 36.2 Å². The van der Waals surface area contributed by atoms with Gasteiger partial charge >= 0.3 is 0 Å². The molecule has 246 valence electrons. The molecule has 1 unspecified atom stereocenters. The van der Waals surface area contributed by atoms with Crippen LogP contribution in [0.5, 0.6) is 0 Å². The Morgan fingerprint density at radius 1 is 1.07 bits per heavy atom. The highest BCUT2D eigenvalue weighted by atomic mass is 35.5. The Hall–Kier alpha value is -2.83. The Bertz CT molecular complexity index is 1500. The molecule has 0 aromatic heterocycles. The summed E-state index contributed by atoms with van der Waals surface area (Å²) in [6, 6.07) is 10.5. The summed E-state index contributed by atoms with van der Waals surface area (Å²) in [5.74, 6) is -2.21. The summed E-state index contributed by atoms with van der Waals surface area (Å²) in [6.45, 7) is 4.49. The van der Waals surface area contributed by atoms with E-state index < -0.39 is 51.5 Å². The molecule has 2 aliphatic carbocycles. The molecule has 10 nitrogen and oxygen atoms in total. The minimum Gasteiger partial charge on any atom is -0.611 e. The molecule has 46 heavy (non-hydrogen) atoms. The molecular weight excluding hydrogens is 651 g/mol. The number of hydrogen-bond donors (Lipinski definition) is 2. The molecule has 2 aliphatic heterocycles. The number of Topliss-reactive ketones (excluding diaryl/α,β-unsaturated/α-hetero) is 1. The summed E-state index contributed by atoms with van der Waals surface area (Å²) >= 11 is 11.2. The van der Waals surface area contributed by atoms with Crippen molar-refractivity contribution in [3.63, 3.8) is 0 Å². The lowest BCUT2D eigenvalue weighted by Gasteiger charge is -2.29. The van der Waals surface area contributed by atoms with Crippen molar-refractivity contribution in [2.75, 3.05) is 37.7 Å². The SMILES string of the molecule is CC[C@H](NC(=O)[C@@H]1C[C@@H]([S+]([O-])c2ccc(N3CCOCC3)cc2Cl)CN1C(=O)C1(c2ccc(Cl)cc2)CC1)C(=O)C(=O)NC1CC1. The average molecular weight is 690 g/mol. The second-order valence-corrected chi connectivity index (χ2v) is 15.1. The van der Waals surface area contributed by atoms with E-state index in [4.69, 9.17) is 27.9 Å². The van der Waals surface area contributed by atoms with Gasteiger partial charge in [-0.3, -0.25) is 19.2 Å². The molecule has 4 atom stereocenters. The van der Waals surface area contributed by atoms with Crippen LogP contribution in [0.3, 0.4) is 0 Å². The molecule has 6 rings (SSSR count). The van der Waals surface area contributed by atoms with E-state index in [0.717, 1.165) is 37.2 Å². The summed E-state index contributed by atoms with van der Waals surface area (Å²) in [7, 11) is 0. The predicted octanol–water partition coefficient (Wildman–Crippen LogP) is 3.38. The van der Waals surface area contributed by atoms with Crippen molar-refractivity contribution in [1.82, 2.24) is 15.5 Å². The van der Waals surface area contributed by atoms with Crippen molar-refractivity contribution in [2.45, 2.75) is 79.1 Å². The summed E-state index contributed by atoms with van der Waals surface area (Å²) in [5, 5.41) is 5.75. The van der Waals surface area contributed by atoms with Gasteiger partial charge in [-0.15, -0.1) is 0 Å². The number of nitrogens with zero attached hydrogens (tertiary/aromatic N) is 2. The van der Waals surface area contributed by atoms with E-state index in [1.165, 1.54) is 4.90 Å². The Kier molecular flexibility index (Phi) is 9.87. The molecular formula is C33H38Cl2N4O6S. The number of benzene rings is 2. The first-order chi connectivity index (χ1) is 22.1. The van der Waals surface area contributed by atoms with E-state index in [-0.39, 0.29) is 31.3 Å². The van der Waals surface area contributed by atoms with Crippen molar-refractivity contribution < 1.29 is 28.5 Å². The van der Waals surface area contributed by atoms with Crippen LogP contribution in [-0.2, 0) is 40.5 Å². The van der Waals surface area contributed by atoms with Gasteiger partial charge in [-0.2, -0.15) is 0 Å². The standard InChI is InChI=1S/C33H38Cl2N4O6S/c1-2-26(29(40)31(42)36-22-7-8-22)37-30(41)27-18-24(19-39(27)32(43)33(11-12-33)20-3-5-21(34)6-4-20)46(44)28-10-9-23(17-25(28)35)38-13-15-45-16-14-38/h3-6,9-10,17,22,24,26-27H,2,7-8,11-16,18-19H2,1H3,(H,36,42)(H,37,41)/t24-,26+,27+,46?/m1/s1. The predicted molar refractivity (Wildman–Crippen MR) is 176 cm³/mol. The molecule has 4 fully saturated rings. The number of likely N-dealkylation sites (tertiary alicyclic amines) is 1. The zero-order valence-electron chi connectivity index (χ0n) is 25.6. The van der Waals surface area contributed by atoms with Gasteiger partial charge < -0.3 is 29.7 Å². The molecule has 3 amide bonds. The molecule has 2 aromatic carbocycles. The highest BCUT2D eigenvalue weighted by molar-refractivity contribution is 7.92. The van der Waals surface area contributed by atoms with E-state index in [1.807, 2.05) is 18.2 Å². The normalized spacial score (nSPS) is 23.4. The topological polar surface area (TPSA) is 131 Å². The van der Waals surface area contributed by atoms with Crippen molar-refractivity contribution in [1.29, 1.82) is 0 Å². The highest BCUT2D eigenvalue weighted by Gasteiger charge is 2.57.